The van der Waals surface area contributed by atoms with E-state index in [0.29, 0.717) is 30.3 Å². The lowest BCUT2D eigenvalue weighted by Gasteiger charge is -2.25. The maximum absolute atomic E-state index is 13.9. The number of methoxy groups -OCH3 is 2. The Balaban J connectivity index is 2.32. The fraction of sp³-hybridized carbons (Fsp3) is 0.500. The molecular formula is C12H16FNO3. The van der Waals surface area contributed by atoms with Crippen molar-refractivity contribution >= 4 is 0 Å². The molecule has 0 bridgehead atoms. The van der Waals surface area contributed by atoms with E-state index in [9.17, 15) is 4.39 Å². The van der Waals surface area contributed by atoms with Crippen molar-refractivity contribution in [3.63, 3.8) is 0 Å². The molecule has 1 aliphatic heterocycles. The third kappa shape index (κ3) is 2.50. The molecule has 0 aromatic heterocycles. The molecule has 1 N–H and O–H groups in total. The predicted molar refractivity (Wildman–Crippen MR) is 61.1 cm³/mol. The Bertz CT molecular complexity index is 392. The van der Waals surface area contributed by atoms with Gasteiger partial charge in [-0.25, -0.2) is 4.39 Å². The van der Waals surface area contributed by atoms with Crippen LogP contribution in [0.2, 0.25) is 0 Å². The summed E-state index contributed by atoms with van der Waals surface area (Å²) >= 11 is 0. The monoisotopic (exact) mass is 241 g/mol. The van der Waals surface area contributed by atoms with E-state index in [1.807, 2.05) is 0 Å². The first-order chi connectivity index (χ1) is 8.26. The molecule has 0 unspecified atom stereocenters. The molecule has 17 heavy (non-hydrogen) atoms. The minimum atomic E-state index is -0.314. The van der Waals surface area contributed by atoms with Gasteiger partial charge in [0.15, 0.2) is 11.5 Å². The maximum atomic E-state index is 13.9. The first-order valence-electron chi connectivity index (χ1n) is 5.48. The van der Waals surface area contributed by atoms with E-state index in [1.165, 1.54) is 20.3 Å². The Labute approximate surface area is 99.7 Å². The zero-order chi connectivity index (χ0) is 12.3. The van der Waals surface area contributed by atoms with Gasteiger partial charge in [0.2, 0.25) is 0 Å². The highest BCUT2D eigenvalue weighted by Crippen LogP contribution is 2.32. The first-order valence-corrected chi connectivity index (χ1v) is 5.48. The molecule has 1 aromatic carbocycles. The Hall–Kier alpha value is -1.33. The van der Waals surface area contributed by atoms with Crippen molar-refractivity contribution in [2.75, 3.05) is 34.0 Å². The van der Waals surface area contributed by atoms with Crippen LogP contribution in [0.5, 0.6) is 11.5 Å². The lowest BCUT2D eigenvalue weighted by molar-refractivity contribution is 0.0756. The summed E-state index contributed by atoms with van der Waals surface area (Å²) in [5, 5.41) is 3.20. The standard InChI is InChI=1S/C12H16FNO3/c1-15-11-5-8(9(13)6-12(11)16-2)10-7-17-4-3-14-10/h5-6,10,14H,3-4,7H2,1-2H3/t10-/m0/s1. The van der Waals surface area contributed by atoms with Gasteiger partial charge in [-0.1, -0.05) is 0 Å². The van der Waals surface area contributed by atoms with Crippen LogP contribution in [0.3, 0.4) is 0 Å². The van der Waals surface area contributed by atoms with Gasteiger partial charge in [-0.3, -0.25) is 0 Å². The van der Waals surface area contributed by atoms with E-state index in [-0.39, 0.29) is 11.9 Å². The summed E-state index contributed by atoms with van der Waals surface area (Å²) < 4.78 is 29.4. The zero-order valence-corrected chi connectivity index (χ0v) is 9.96. The van der Waals surface area contributed by atoms with E-state index < -0.39 is 0 Å². The summed E-state index contributed by atoms with van der Waals surface area (Å²) in [6, 6.07) is 2.86. The zero-order valence-electron chi connectivity index (χ0n) is 9.96. The molecule has 1 heterocycles. The van der Waals surface area contributed by atoms with Crippen LogP contribution in [-0.2, 0) is 4.74 Å². The molecule has 0 spiro atoms. The first kappa shape index (κ1) is 12.1. The van der Waals surface area contributed by atoms with Crippen LogP contribution in [0.4, 0.5) is 4.39 Å². The number of nitrogens with one attached hydrogen (secondary N) is 1. The molecule has 1 saturated heterocycles. The van der Waals surface area contributed by atoms with Crippen LogP contribution in [0.15, 0.2) is 12.1 Å². The molecule has 4 nitrogen and oxygen atoms in total. The molecule has 5 heteroatoms. The van der Waals surface area contributed by atoms with Crippen LogP contribution < -0.4 is 14.8 Å². The second-order valence-electron chi connectivity index (χ2n) is 3.81. The van der Waals surface area contributed by atoms with E-state index in [1.54, 1.807) is 6.07 Å². The van der Waals surface area contributed by atoms with Crippen LogP contribution in [-0.4, -0.2) is 34.0 Å². The van der Waals surface area contributed by atoms with Gasteiger partial charge in [0.25, 0.3) is 0 Å². The second kappa shape index (κ2) is 5.33. The molecule has 0 aliphatic carbocycles. The fourth-order valence-corrected chi connectivity index (χ4v) is 1.90. The van der Waals surface area contributed by atoms with Crippen LogP contribution in [0.25, 0.3) is 0 Å². The van der Waals surface area contributed by atoms with E-state index in [4.69, 9.17) is 14.2 Å². The van der Waals surface area contributed by atoms with Crippen molar-refractivity contribution in [3.05, 3.63) is 23.5 Å². The van der Waals surface area contributed by atoms with Gasteiger partial charge in [0.05, 0.1) is 33.5 Å². The average Bonchev–Trinajstić information content (AvgIpc) is 2.39. The molecule has 1 aliphatic rings. The number of morpholine rings is 1. The van der Waals surface area contributed by atoms with E-state index in [0.717, 1.165) is 6.54 Å². The van der Waals surface area contributed by atoms with Gasteiger partial charge in [0, 0.05) is 18.2 Å². The second-order valence-corrected chi connectivity index (χ2v) is 3.81. The van der Waals surface area contributed by atoms with Crippen molar-refractivity contribution in [3.8, 4) is 11.5 Å². The Kier molecular flexibility index (Phi) is 3.81. The summed E-state index contributed by atoms with van der Waals surface area (Å²) in [7, 11) is 3.02. The molecule has 1 fully saturated rings. The molecule has 0 saturated carbocycles. The topological polar surface area (TPSA) is 39.7 Å². The minimum absolute atomic E-state index is 0.136. The van der Waals surface area contributed by atoms with Gasteiger partial charge in [-0.05, 0) is 6.07 Å². The van der Waals surface area contributed by atoms with Crippen LogP contribution in [0.1, 0.15) is 11.6 Å². The summed E-state index contributed by atoms with van der Waals surface area (Å²) in [6.45, 7) is 1.84. The number of halogens is 1. The van der Waals surface area contributed by atoms with Gasteiger partial charge in [-0.15, -0.1) is 0 Å². The number of ether oxygens (including phenoxy) is 3. The number of benzene rings is 1. The number of hydrogen-bond acceptors (Lipinski definition) is 4. The van der Waals surface area contributed by atoms with E-state index in [2.05, 4.69) is 5.32 Å². The molecule has 2 rings (SSSR count). The Morgan fingerprint density at radius 1 is 1.29 bits per heavy atom. The third-order valence-electron chi connectivity index (χ3n) is 2.80. The summed E-state index contributed by atoms with van der Waals surface area (Å²) in [5.74, 6) is 0.604. The predicted octanol–water partition coefficient (Wildman–Crippen LogP) is 1.50. The fourth-order valence-electron chi connectivity index (χ4n) is 1.90. The molecule has 0 radical (unpaired) electrons. The van der Waals surface area contributed by atoms with E-state index >= 15 is 0 Å². The normalized spacial score (nSPS) is 20.1. The maximum Gasteiger partial charge on any atom is 0.163 e. The highest BCUT2D eigenvalue weighted by atomic mass is 19.1. The van der Waals surface area contributed by atoms with Gasteiger partial charge < -0.3 is 19.5 Å². The van der Waals surface area contributed by atoms with Gasteiger partial charge in [-0.2, -0.15) is 0 Å². The number of rotatable bonds is 3. The van der Waals surface area contributed by atoms with Crippen molar-refractivity contribution < 1.29 is 18.6 Å². The lowest BCUT2D eigenvalue weighted by atomic mass is 10.1. The molecular weight excluding hydrogens is 225 g/mol. The van der Waals surface area contributed by atoms with Crippen molar-refractivity contribution in [1.82, 2.24) is 5.32 Å². The Morgan fingerprint density at radius 2 is 2.00 bits per heavy atom. The summed E-state index contributed by atoms with van der Waals surface area (Å²) in [5.41, 5.74) is 0.544. The highest BCUT2D eigenvalue weighted by molar-refractivity contribution is 5.44. The lowest BCUT2D eigenvalue weighted by Crippen LogP contribution is -2.35. The van der Waals surface area contributed by atoms with Gasteiger partial charge in [0.1, 0.15) is 5.82 Å². The minimum Gasteiger partial charge on any atom is -0.493 e. The summed E-state index contributed by atoms with van der Waals surface area (Å²) in [6.07, 6.45) is 0. The molecule has 0 amide bonds. The highest BCUT2D eigenvalue weighted by Gasteiger charge is 2.21. The van der Waals surface area contributed by atoms with Crippen molar-refractivity contribution in [2.45, 2.75) is 6.04 Å². The molecule has 1 atom stereocenters. The Morgan fingerprint density at radius 3 is 2.59 bits per heavy atom. The summed E-state index contributed by atoms with van der Waals surface area (Å²) in [4.78, 5) is 0. The smallest absolute Gasteiger partial charge is 0.163 e. The number of hydrogen-bond donors (Lipinski definition) is 1. The molecule has 94 valence electrons. The molecule has 1 aromatic rings. The van der Waals surface area contributed by atoms with Crippen molar-refractivity contribution in [2.24, 2.45) is 0 Å². The van der Waals surface area contributed by atoms with Crippen molar-refractivity contribution in [1.29, 1.82) is 0 Å². The van der Waals surface area contributed by atoms with Crippen LogP contribution >= 0.6 is 0 Å². The van der Waals surface area contributed by atoms with Gasteiger partial charge >= 0.3 is 0 Å². The quantitative estimate of drug-likeness (QED) is 0.870. The SMILES string of the molecule is COc1cc(F)c([C@@H]2COCCN2)cc1OC. The largest absolute Gasteiger partial charge is 0.493 e. The average molecular weight is 241 g/mol. The van der Waals surface area contributed by atoms with Crippen LogP contribution in [0, 0.1) is 5.82 Å². The third-order valence-corrected chi connectivity index (χ3v) is 2.80.